The lowest BCUT2D eigenvalue weighted by Crippen LogP contribution is -2.15. The number of aliphatic hydroxyl groups is 2. The molecule has 0 aromatic carbocycles. The summed E-state index contributed by atoms with van der Waals surface area (Å²) in [7, 11) is 1.62. The number of aromatic nitrogens is 2. The normalized spacial score (nSPS) is 14.5. The number of allylic oxidation sites excluding steroid dienone is 2. The molecule has 2 aromatic rings. The minimum atomic E-state index is -0.500. The molecule has 0 radical (unpaired) electrons. The molecule has 0 amide bonds. The molecular weight excluding hydrogens is 464 g/mol. The van der Waals surface area contributed by atoms with Crippen molar-refractivity contribution in [3.63, 3.8) is 0 Å². The lowest BCUT2D eigenvalue weighted by molar-refractivity contribution is 0.102. The molecule has 0 saturated heterocycles. The molecule has 6 heteroatoms. The van der Waals surface area contributed by atoms with Gasteiger partial charge in [-0.05, 0) is 87.0 Å². The Morgan fingerprint density at radius 1 is 1.22 bits per heavy atom. The molecule has 6 nitrogen and oxygen atoms in total. The zero-order valence-corrected chi connectivity index (χ0v) is 24.6. The largest absolute Gasteiger partial charge is 0.516 e. The standard InChI is InChI=1S/C25H34N2O2.C4H10O.C2H4O/c1-8-18-16(4)24(28)23(20-14-26-21(29-7)13-19(20)15(2)3)27-22(18)17-9-11-25(5,6)12-10-17;1-4(2,3)5;1-2-3/h9,13-15,28H,8,10-12H2,1-7H3;5H,1-3H3;2-3H,1H2. The number of nitrogens with zero attached hydrogens (tertiary/aromatic N) is 2. The van der Waals surface area contributed by atoms with Crippen molar-refractivity contribution in [2.75, 3.05) is 7.11 Å². The van der Waals surface area contributed by atoms with E-state index in [1.165, 1.54) is 5.57 Å². The van der Waals surface area contributed by atoms with Crippen LogP contribution in [0.4, 0.5) is 0 Å². The van der Waals surface area contributed by atoms with E-state index < -0.39 is 5.60 Å². The van der Waals surface area contributed by atoms with Gasteiger partial charge in [-0.3, -0.25) is 0 Å². The fourth-order valence-electron chi connectivity index (χ4n) is 4.15. The molecule has 2 heterocycles. The zero-order valence-electron chi connectivity index (χ0n) is 24.6. The molecule has 2 aromatic heterocycles. The Balaban J connectivity index is 0.000000751. The minimum Gasteiger partial charge on any atom is -0.516 e. The summed E-state index contributed by atoms with van der Waals surface area (Å²) in [6.07, 6.45) is 8.96. The second-order valence-electron chi connectivity index (χ2n) is 11.5. The topological polar surface area (TPSA) is 95.7 Å². The summed E-state index contributed by atoms with van der Waals surface area (Å²) in [6.45, 7) is 21.2. The quantitative estimate of drug-likeness (QED) is 0.352. The molecule has 1 aliphatic carbocycles. The van der Waals surface area contributed by atoms with Gasteiger partial charge < -0.3 is 20.1 Å². The van der Waals surface area contributed by atoms with Gasteiger partial charge in [0.25, 0.3) is 0 Å². The van der Waals surface area contributed by atoms with Crippen molar-refractivity contribution in [1.82, 2.24) is 9.97 Å². The van der Waals surface area contributed by atoms with Crippen LogP contribution >= 0.6 is 0 Å². The van der Waals surface area contributed by atoms with E-state index in [0.717, 1.165) is 59.9 Å². The fourth-order valence-corrected chi connectivity index (χ4v) is 4.15. The summed E-state index contributed by atoms with van der Waals surface area (Å²) < 4.78 is 5.32. The first-order valence-electron chi connectivity index (χ1n) is 13.0. The van der Waals surface area contributed by atoms with E-state index in [4.69, 9.17) is 19.9 Å². The average molecular weight is 513 g/mol. The van der Waals surface area contributed by atoms with Crippen molar-refractivity contribution in [2.45, 2.75) is 99.5 Å². The minimum absolute atomic E-state index is 0.257. The number of hydrogen-bond acceptors (Lipinski definition) is 6. The first-order valence-corrected chi connectivity index (χ1v) is 13.0. The number of aliphatic hydroxyl groups excluding tert-OH is 1. The van der Waals surface area contributed by atoms with Crippen LogP contribution < -0.4 is 4.74 Å². The van der Waals surface area contributed by atoms with E-state index in [1.54, 1.807) is 34.1 Å². The van der Waals surface area contributed by atoms with Crippen LogP contribution in [0.15, 0.2) is 31.2 Å². The van der Waals surface area contributed by atoms with Gasteiger partial charge in [0.1, 0.15) is 11.4 Å². The first kappa shape index (κ1) is 32.2. The van der Waals surface area contributed by atoms with Gasteiger partial charge in [-0.2, -0.15) is 0 Å². The van der Waals surface area contributed by atoms with Gasteiger partial charge in [0.2, 0.25) is 5.88 Å². The monoisotopic (exact) mass is 512 g/mol. The molecule has 0 atom stereocenters. The molecule has 0 aliphatic heterocycles. The molecule has 0 fully saturated rings. The highest BCUT2D eigenvalue weighted by Crippen LogP contribution is 2.43. The van der Waals surface area contributed by atoms with Crippen LogP contribution in [0, 0.1) is 12.3 Å². The second kappa shape index (κ2) is 13.6. The maximum absolute atomic E-state index is 11.1. The molecular formula is C31H48N2O4. The van der Waals surface area contributed by atoms with Gasteiger partial charge in [0.15, 0.2) is 0 Å². The Labute approximate surface area is 224 Å². The molecule has 3 N–H and O–H groups in total. The average Bonchev–Trinajstić information content (AvgIpc) is 2.80. The predicted octanol–water partition coefficient (Wildman–Crippen LogP) is 7.91. The molecule has 0 unspecified atom stereocenters. The molecule has 206 valence electrons. The molecule has 0 spiro atoms. The maximum Gasteiger partial charge on any atom is 0.213 e. The predicted molar refractivity (Wildman–Crippen MR) is 154 cm³/mol. The Morgan fingerprint density at radius 3 is 2.22 bits per heavy atom. The van der Waals surface area contributed by atoms with Gasteiger partial charge in [-0.15, -0.1) is 0 Å². The Kier molecular flexibility index (Phi) is 11.8. The van der Waals surface area contributed by atoms with Crippen molar-refractivity contribution in [1.29, 1.82) is 0 Å². The maximum atomic E-state index is 11.1. The third-order valence-corrected chi connectivity index (χ3v) is 6.17. The number of pyridine rings is 2. The van der Waals surface area contributed by atoms with Crippen LogP contribution in [0.2, 0.25) is 0 Å². The highest BCUT2D eigenvalue weighted by Gasteiger charge is 2.26. The van der Waals surface area contributed by atoms with Crippen LogP contribution in [0.1, 0.15) is 103 Å². The SMILES string of the molecule is C=CO.CC(C)(C)O.CCc1c(C2=CCC(C)(C)CC2)nc(-c2cnc(OC)cc2C(C)C)c(O)c1C. The first-order chi connectivity index (χ1) is 17.1. The lowest BCUT2D eigenvalue weighted by Gasteiger charge is -2.29. The summed E-state index contributed by atoms with van der Waals surface area (Å²) in [5, 5.41) is 26.9. The van der Waals surface area contributed by atoms with Crippen LogP contribution in [-0.2, 0) is 6.42 Å². The Bertz CT molecular complexity index is 1070. The molecule has 0 saturated carbocycles. The molecule has 37 heavy (non-hydrogen) atoms. The van der Waals surface area contributed by atoms with Gasteiger partial charge in [-0.1, -0.05) is 47.3 Å². The highest BCUT2D eigenvalue weighted by atomic mass is 16.5. The van der Waals surface area contributed by atoms with Crippen molar-refractivity contribution < 1.29 is 20.1 Å². The van der Waals surface area contributed by atoms with Gasteiger partial charge in [0, 0.05) is 17.8 Å². The van der Waals surface area contributed by atoms with Crippen LogP contribution in [0.25, 0.3) is 16.8 Å². The van der Waals surface area contributed by atoms with Gasteiger partial charge in [0.05, 0.1) is 24.7 Å². The molecule has 1 aliphatic rings. The number of ether oxygens (including phenoxy) is 1. The van der Waals surface area contributed by atoms with E-state index in [0.29, 0.717) is 17.0 Å². The number of rotatable bonds is 5. The van der Waals surface area contributed by atoms with E-state index >= 15 is 0 Å². The summed E-state index contributed by atoms with van der Waals surface area (Å²) in [5.74, 6) is 1.10. The zero-order chi connectivity index (χ0) is 28.6. The number of hydrogen-bond donors (Lipinski definition) is 3. The van der Waals surface area contributed by atoms with Crippen LogP contribution in [0.3, 0.4) is 0 Å². The molecule has 3 rings (SSSR count). The van der Waals surface area contributed by atoms with Crippen molar-refractivity contribution in [3.8, 4) is 22.9 Å². The van der Waals surface area contributed by atoms with E-state index in [-0.39, 0.29) is 11.7 Å². The number of methoxy groups -OCH3 is 1. The van der Waals surface area contributed by atoms with E-state index in [1.807, 2.05) is 13.0 Å². The summed E-state index contributed by atoms with van der Waals surface area (Å²) >= 11 is 0. The summed E-state index contributed by atoms with van der Waals surface area (Å²) in [6, 6.07) is 1.95. The lowest BCUT2D eigenvalue weighted by atomic mass is 9.77. The van der Waals surface area contributed by atoms with Crippen LogP contribution in [-0.4, -0.2) is 38.0 Å². The second-order valence-corrected chi connectivity index (χ2v) is 11.5. The number of aromatic hydroxyl groups is 1. The Hall–Kier alpha value is -2.86. The Morgan fingerprint density at radius 2 is 1.78 bits per heavy atom. The van der Waals surface area contributed by atoms with Gasteiger partial charge >= 0.3 is 0 Å². The fraction of sp³-hybridized carbons (Fsp3) is 0.548. The third kappa shape index (κ3) is 9.51. The van der Waals surface area contributed by atoms with E-state index in [2.05, 4.69) is 52.3 Å². The molecule has 0 bridgehead atoms. The third-order valence-electron chi connectivity index (χ3n) is 6.17. The van der Waals surface area contributed by atoms with Crippen molar-refractivity contribution in [3.05, 3.63) is 53.6 Å². The van der Waals surface area contributed by atoms with Crippen LogP contribution in [0.5, 0.6) is 11.6 Å². The van der Waals surface area contributed by atoms with Gasteiger partial charge in [-0.25, -0.2) is 9.97 Å². The van der Waals surface area contributed by atoms with E-state index in [9.17, 15) is 5.11 Å². The van der Waals surface area contributed by atoms with Crippen molar-refractivity contribution in [2.24, 2.45) is 5.41 Å². The highest BCUT2D eigenvalue weighted by molar-refractivity contribution is 5.77. The van der Waals surface area contributed by atoms with Crippen molar-refractivity contribution >= 4 is 5.57 Å². The summed E-state index contributed by atoms with van der Waals surface area (Å²) in [5.41, 5.74) is 6.83. The smallest absolute Gasteiger partial charge is 0.213 e. The summed E-state index contributed by atoms with van der Waals surface area (Å²) in [4.78, 5) is 9.45.